The van der Waals surface area contributed by atoms with Crippen LogP contribution >= 0.6 is 23.2 Å². The van der Waals surface area contributed by atoms with E-state index in [0.717, 1.165) is 16.7 Å². The van der Waals surface area contributed by atoms with E-state index in [9.17, 15) is 21.6 Å². The third-order valence-electron chi connectivity index (χ3n) is 5.01. The van der Waals surface area contributed by atoms with Crippen molar-refractivity contribution in [1.29, 1.82) is 0 Å². The zero-order chi connectivity index (χ0) is 24.5. The van der Waals surface area contributed by atoms with Crippen LogP contribution in [0.1, 0.15) is 5.56 Å². The Kier molecular flexibility index (Phi) is 6.66. The van der Waals surface area contributed by atoms with Gasteiger partial charge in [-0.05, 0) is 59.0 Å². The highest BCUT2D eigenvalue weighted by Crippen LogP contribution is 2.32. The van der Waals surface area contributed by atoms with Crippen molar-refractivity contribution < 1.29 is 26.3 Å². The predicted octanol–water partition coefficient (Wildman–Crippen LogP) is 7.65. The molecule has 34 heavy (non-hydrogen) atoms. The lowest BCUT2D eigenvalue weighted by atomic mass is 10.0. The van der Waals surface area contributed by atoms with Crippen LogP contribution in [0, 0.1) is 0 Å². The molecular weight excluding hydrogens is 510 g/mol. The topological polar surface area (TPSA) is 55.4 Å². The highest BCUT2D eigenvalue weighted by molar-refractivity contribution is 7.93. The SMILES string of the molecule is O=S(=O)(Nc1ccc2c(OCc3ccc(-c4ccc(Cl)cc4)cc3Cl)cccc2c1)C(F)(F)F. The Labute approximate surface area is 203 Å². The van der Waals surface area contributed by atoms with Crippen LogP contribution in [0.15, 0.2) is 78.9 Å². The van der Waals surface area contributed by atoms with Crippen LogP contribution in [0.4, 0.5) is 18.9 Å². The molecule has 0 bridgehead atoms. The Hall–Kier alpha value is -2.94. The summed E-state index contributed by atoms with van der Waals surface area (Å²) in [5.41, 5.74) is -2.99. The first-order valence-electron chi connectivity index (χ1n) is 9.82. The molecule has 0 saturated heterocycles. The van der Waals surface area contributed by atoms with E-state index < -0.39 is 15.5 Å². The smallest absolute Gasteiger partial charge is 0.488 e. The molecule has 0 aromatic heterocycles. The highest BCUT2D eigenvalue weighted by atomic mass is 35.5. The third-order valence-corrected chi connectivity index (χ3v) is 6.73. The summed E-state index contributed by atoms with van der Waals surface area (Å²) in [6, 6.07) is 22.0. The van der Waals surface area contributed by atoms with Crippen LogP contribution in [0.2, 0.25) is 10.0 Å². The number of alkyl halides is 3. The number of benzene rings is 4. The first-order chi connectivity index (χ1) is 16.0. The Bertz CT molecular complexity index is 1460. The lowest BCUT2D eigenvalue weighted by molar-refractivity contribution is -0.0429. The van der Waals surface area contributed by atoms with Gasteiger partial charge in [0.15, 0.2) is 0 Å². The molecule has 0 fully saturated rings. The molecule has 10 heteroatoms. The maximum Gasteiger partial charge on any atom is 0.516 e. The van der Waals surface area contributed by atoms with Gasteiger partial charge in [-0.25, -0.2) is 0 Å². The molecule has 0 aliphatic rings. The van der Waals surface area contributed by atoms with E-state index in [2.05, 4.69) is 0 Å². The molecule has 4 nitrogen and oxygen atoms in total. The summed E-state index contributed by atoms with van der Waals surface area (Å²) in [6.07, 6.45) is 0. The fourth-order valence-electron chi connectivity index (χ4n) is 3.30. The number of hydrogen-bond donors (Lipinski definition) is 1. The van der Waals surface area contributed by atoms with Crippen LogP contribution in [0.3, 0.4) is 0 Å². The minimum absolute atomic E-state index is 0.154. The average molecular weight is 526 g/mol. The summed E-state index contributed by atoms with van der Waals surface area (Å²) in [5.74, 6) is 0.473. The molecule has 0 atom stereocenters. The molecule has 0 spiro atoms. The van der Waals surface area contributed by atoms with Gasteiger partial charge in [-0.15, -0.1) is 0 Å². The molecule has 0 unspecified atom stereocenters. The van der Waals surface area contributed by atoms with Gasteiger partial charge in [-0.2, -0.15) is 21.6 Å². The van der Waals surface area contributed by atoms with Crippen molar-refractivity contribution in [3.05, 3.63) is 94.5 Å². The quantitative estimate of drug-likeness (QED) is 0.281. The second-order valence-electron chi connectivity index (χ2n) is 7.35. The second-order valence-corrected chi connectivity index (χ2v) is 9.86. The fraction of sp³-hybridized carbons (Fsp3) is 0.0833. The molecule has 4 rings (SSSR count). The molecular formula is C24H16Cl2F3NO3S. The minimum atomic E-state index is -5.51. The van der Waals surface area contributed by atoms with Gasteiger partial charge < -0.3 is 4.74 Å². The first-order valence-corrected chi connectivity index (χ1v) is 12.1. The van der Waals surface area contributed by atoms with Gasteiger partial charge in [-0.1, -0.05) is 59.6 Å². The van der Waals surface area contributed by atoms with Crippen LogP contribution in [0.5, 0.6) is 5.75 Å². The Balaban J connectivity index is 1.53. The Morgan fingerprint density at radius 1 is 0.853 bits per heavy atom. The number of halogens is 5. The van der Waals surface area contributed by atoms with E-state index in [1.165, 1.54) is 22.9 Å². The number of ether oxygens (including phenoxy) is 1. The number of anilines is 1. The lowest BCUT2D eigenvalue weighted by Crippen LogP contribution is -2.29. The Morgan fingerprint density at radius 3 is 2.24 bits per heavy atom. The number of nitrogens with one attached hydrogen (secondary N) is 1. The van der Waals surface area contributed by atoms with E-state index in [1.807, 2.05) is 30.3 Å². The predicted molar refractivity (Wildman–Crippen MR) is 129 cm³/mol. The average Bonchev–Trinajstić information content (AvgIpc) is 2.77. The molecule has 176 valence electrons. The van der Waals surface area contributed by atoms with Crippen LogP contribution in [0.25, 0.3) is 21.9 Å². The van der Waals surface area contributed by atoms with Gasteiger partial charge in [0.1, 0.15) is 12.4 Å². The zero-order valence-corrected chi connectivity index (χ0v) is 19.6. The molecule has 0 amide bonds. The summed E-state index contributed by atoms with van der Waals surface area (Å²) in [7, 11) is -5.51. The fourth-order valence-corrected chi connectivity index (χ4v) is 4.21. The first kappa shape index (κ1) is 24.2. The Morgan fingerprint density at radius 2 is 1.56 bits per heavy atom. The summed E-state index contributed by atoms with van der Waals surface area (Å²) in [6.45, 7) is 0.154. The van der Waals surface area contributed by atoms with Crippen LogP contribution < -0.4 is 9.46 Å². The van der Waals surface area contributed by atoms with E-state index in [4.69, 9.17) is 27.9 Å². The van der Waals surface area contributed by atoms with Gasteiger partial charge in [0.25, 0.3) is 0 Å². The van der Waals surface area contributed by atoms with Crippen molar-refractivity contribution in [3.8, 4) is 16.9 Å². The molecule has 4 aromatic rings. The molecule has 4 aromatic carbocycles. The number of sulfonamides is 1. The third kappa shape index (κ3) is 5.24. The standard InChI is InChI=1S/C24H16Cl2F3NO3S/c25-19-8-6-15(7-9-19)16-4-5-18(22(26)13-16)14-33-23-3-1-2-17-12-20(10-11-21(17)23)30-34(31,32)24(27,28)29/h1-13,30H,14H2. The highest BCUT2D eigenvalue weighted by Gasteiger charge is 2.46. The molecule has 0 saturated carbocycles. The normalized spacial score (nSPS) is 12.0. The summed E-state index contributed by atoms with van der Waals surface area (Å²) in [4.78, 5) is 0. The van der Waals surface area contributed by atoms with Gasteiger partial charge in [0, 0.05) is 26.7 Å². The van der Waals surface area contributed by atoms with Crippen molar-refractivity contribution >= 4 is 49.7 Å². The van der Waals surface area contributed by atoms with Gasteiger partial charge in [0.2, 0.25) is 0 Å². The number of fused-ring (bicyclic) bond motifs is 1. The van der Waals surface area contributed by atoms with Crippen molar-refractivity contribution in [2.24, 2.45) is 0 Å². The van der Waals surface area contributed by atoms with E-state index >= 15 is 0 Å². The van der Waals surface area contributed by atoms with Crippen LogP contribution in [-0.4, -0.2) is 13.9 Å². The van der Waals surface area contributed by atoms with Gasteiger partial charge in [0.05, 0.1) is 0 Å². The number of hydrogen-bond acceptors (Lipinski definition) is 3. The monoisotopic (exact) mass is 525 g/mol. The molecule has 0 radical (unpaired) electrons. The molecule has 0 aliphatic carbocycles. The number of rotatable bonds is 6. The van der Waals surface area contributed by atoms with E-state index in [-0.39, 0.29) is 12.3 Å². The molecule has 1 N–H and O–H groups in total. The van der Waals surface area contributed by atoms with E-state index in [0.29, 0.717) is 26.6 Å². The van der Waals surface area contributed by atoms with Gasteiger partial charge >= 0.3 is 15.5 Å². The largest absolute Gasteiger partial charge is 0.516 e. The second kappa shape index (κ2) is 9.37. The molecule has 0 aliphatic heterocycles. The summed E-state index contributed by atoms with van der Waals surface area (Å²) >= 11 is 12.4. The van der Waals surface area contributed by atoms with E-state index in [1.54, 1.807) is 30.3 Å². The molecule has 0 heterocycles. The zero-order valence-electron chi connectivity index (χ0n) is 17.2. The van der Waals surface area contributed by atoms with Crippen molar-refractivity contribution in [3.63, 3.8) is 0 Å². The van der Waals surface area contributed by atoms with Crippen molar-refractivity contribution in [1.82, 2.24) is 0 Å². The maximum absolute atomic E-state index is 12.6. The van der Waals surface area contributed by atoms with Crippen LogP contribution in [-0.2, 0) is 16.6 Å². The van der Waals surface area contributed by atoms with Crippen molar-refractivity contribution in [2.45, 2.75) is 12.1 Å². The maximum atomic E-state index is 12.6. The summed E-state index contributed by atoms with van der Waals surface area (Å²) in [5, 5.41) is 2.26. The van der Waals surface area contributed by atoms with Crippen molar-refractivity contribution in [2.75, 3.05) is 4.72 Å². The lowest BCUT2D eigenvalue weighted by Gasteiger charge is -2.13. The summed E-state index contributed by atoms with van der Waals surface area (Å²) < 4.78 is 68.1. The van der Waals surface area contributed by atoms with Gasteiger partial charge in [-0.3, -0.25) is 4.72 Å². The minimum Gasteiger partial charge on any atom is -0.488 e.